The number of aryl methyl sites for hydroxylation is 1. The van der Waals surface area contributed by atoms with E-state index in [-0.39, 0.29) is 24.6 Å². The fourth-order valence-corrected chi connectivity index (χ4v) is 3.25. The van der Waals surface area contributed by atoms with E-state index in [1.165, 1.54) is 13.2 Å². The van der Waals surface area contributed by atoms with E-state index in [1.54, 1.807) is 38.3 Å². The summed E-state index contributed by atoms with van der Waals surface area (Å²) in [7, 11) is 3.10. The molecule has 1 heterocycles. The summed E-state index contributed by atoms with van der Waals surface area (Å²) < 4.78 is 27.4. The summed E-state index contributed by atoms with van der Waals surface area (Å²) in [5.41, 5.74) is 1.56. The van der Waals surface area contributed by atoms with Crippen LogP contribution < -0.4 is 24.3 Å². The lowest BCUT2D eigenvalue weighted by molar-refractivity contribution is -0.112. The van der Waals surface area contributed by atoms with Gasteiger partial charge in [-0.25, -0.2) is 0 Å². The third-order valence-corrected chi connectivity index (χ3v) is 4.94. The van der Waals surface area contributed by atoms with Crippen molar-refractivity contribution in [2.24, 2.45) is 0 Å². The van der Waals surface area contributed by atoms with Crippen molar-refractivity contribution in [2.45, 2.75) is 13.3 Å². The fourth-order valence-electron chi connectivity index (χ4n) is 3.25. The zero-order valence-corrected chi connectivity index (χ0v) is 20.4. The van der Waals surface area contributed by atoms with Crippen molar-refractivity contribution in [2.75, 3.05) is 32.8 Å². The first-order chi connectivity index (χ1) is 17.5. The number of benzene rings is 2. The minimum atomic E-state index is -0.602. The number of rotatable bonds is 12. The lowest BCUT2D eigenvalue weighted by atomic mass is 10.1. The van der Waals surface area contributed by atoms with E-state index >= 15 is 0 Å². The van der Waals surface area contributed by atoms with Crippen molar-refractivity contribution >= 4 is 17.8 Å². The highest BCUT2D eigenvalue weighted by Gasteiger charge is 2.13. The van der Waals surface area contributed by atoms with Crippen LogP contribution in [0, 0.1) is 18.3 Å². The monoisotopic (exact) mass is 489 g/mol. The summed E-state index contributed by atoms with van der Waals surface area (Å²) in [6.07, 6.45) is 4.01. The van der Waals surface area contributed by atoms with Gasteiger partial charge in [-0.2, -0.15) is 5.26 Å². The Hall–Kier alpha value is -4.71. The predicted octanol–water partition coefficient (Wildman–Crippen LogP) is 4.73. The van der Waals surface area contributed by atoms with Crippen molar-refractivity contribution in [1.29, 1.82) is 5.26 Å². The molecule has 3 rings (SSSR count). The van der Waals surface area contributed by atoms with Gasteiger partial charge in [0.25, 0.3) is 5.91 Å². The van der Waals surface area contributed by atoms with Crippen molar-refractivity contribution in [3.8, 4) is 29.1 Å². The Kier molecular flexibility index (Phi) is 9.12. The standard InChI is InChI=1S/C27H27N3O6/c1-5-6-19-7-9-22(24(15-19)32-3)34-11-12-35-23-10-8-20(16-25(23)33-4)14-21(17-28)27(31)29-26-13-18(2)36-30-26/h5,7-10,13-16H,1,6,11-12H2,2-4H3,(H,29,30,31). The molecule has 0 fully saturated rings. The van der Waals surface area contributed by atoms with Gasteiger partial charge in [0.1, 0.15) is 30.6 Å². The molecule has 0 spiro atoms. The minimum absolute atomic E-state index is 0.104. The Labute approximate surface area is 209 Å². The highest BCUT2D eigenvalue weighted by Crippen LogP contribution is 2.30. The van der Waals surface area contributed by atoms with Crippen LogP contribution in [0.5, 0.6) is 23.0 Å². The van der Waals surface area contributed by atoms with Gasteiger partial charge in [0.05, 0.1) is 14.2 Å². The number of nitrogens with one attached hydrogen (secondary N) is 1. The van der Waals surface area contributed by atoms with Gasteiger partial charge in [-0.1, -0.05) is 23.4 Å². The van der Waals surface area contributed by atoms with E-state index in [0.29, 0.717) is 34.3 Å². The van der Waals surface area contributed by atoms with Gasteiger partial charge in [0, 0.05) is 6.07 Å². The summed E-state index contributed by atoms with van der Waals surface area (Å²) in [6, 6.07) is 14.3. The molecule has 0 saturated heterocycles. The van der Waals surface area contributed by atoms with Gasteiger partial charge >= 0.3 is 0 Å². The maximum atomic E-state index is 12.4. The maximum absolute atomic E-state index is 12.4. The molecule has 9 heteroatoms. The zero-order valence-electron chi connectivity index (χ0n) is 20.4. The van der Waals surface area contributed by atoms with E-state index in [1.807, 2.05) is 30.3 Å². The van der Waals surface area contributed by atoms with Crippen LogP contribution >= 0.6 is 0 Å². The summed E-state index contributed by atoms with van der Waals surface area (Å²) in [6.45, 7) is 5.98. The number of allylic oxidation sites excluding steroid dienone is 1. The molecule has 1 aromatic heterocycles. The van der Waals surface area contributed by atoms with Crippen LogP contribution in [-0.4, -0.2) is 38.5 Å². The van der Waals surface area contributed by atoms with Crippen molar-refractivity contribution in [3.63, 3.8) is 0 Å². The molecule has 36 heavy (non-hydrogen) atoms. The normalized spacial score (nSPS) is 10.8. The molecule has 1 amide bonds. The molecule has 2 aromatic carbocycles. The Morgan fingerprint density at radius 2 is 1.72 bits per heavy atom. The Bertz CT molecular complexity index is 1290. The second-order valence-electron chi connectivity index (χ2n) is 7.53. The quantitative estimate of drug-likeness (QED) is 0.168. The lowest BCUT2D eigenvalue weighted by Crippen LogP contribution is -2.13. The number of aromatic nitrogens is 1. The average Bonchev–Trinajstić information content (AvgIpc) is 3.30. The van der Waals surface area contributed by atoms with Gasteiger partial charge < -0.3 is 28.8 Å². The van der Waals surface area contributed by atoms with E-state index in [0.717, 1.165) is 12.0 Å². The van der Waals surface area contributed by atoms with E-state index in [2.05, 4.69) is 17.1 Å². The number of nitriles is 1. The molecular formula is C27H27N3O6. The molecule has 0 aliphatic rings. The number of hydrogen-bond acceptors (Lipinski definition) is 8. The fraction of sp³-hybridized carbons (Fsp3) is 0.222. The molecule has 186 valence electrons. The van der Waals surface area contributed by atoms with Crippen LogP contribution in [0.25, 0.3) is 6.08 Å². The van der Waals surface area contributed by atoms with Crippen LogP contribution in [-0.2, 0) is 11.2 Å². The summed E-state index contributed by atoms with van der Waals surface area (Å²) in [5, 5.41) is 15.6. The largest absolute Gasteiger partial charge is 0.493 e. The number of methoxy groups -OCH3 is 2. The van der Waals surface area contributed by atoms with Crippen molar-refractivity contribution in [3.05, 3.63) is 77.6 Å². The number of carbonyl (C=O) groups is 1. The number of amides is 1. The molecule has 0 aliphatic carbocycles. The molecule has 1 N–H and O–H groups in total. The molecule has 0 atom stereocenters. The number of hydrogen-bond donors (Lipinski definition) is 1. The van der Waals surface area contributed by atoms with E-state index in [9.17, 15) is 10.1 Å². The Balaban J connectivity index is 1.62. The number of ether oxygens (including phenoxy) is 4. The Morgan fingerprint density at radius 3 is 2.31 bits per heavy atom. The second-order valence-corrected chi connectivity index (χ2v) is 7.53. The lowest BCUT2D eigenvalue weighted by Gasteiger charge is -2.14. The first-order valence-electron chi connectivity index (χ1n) is 11.0. The van der Waals surface area contributed by atoms with Gasteiger partial charge in [-0.05, 0) is 54.8 Å². The van der Waals surface area contributed by atoms with E-state index in [4.69, 9.17) is 23.5 Å². The molecule has 3 aromatic rings. The third kappa shape index (κ3) is 6.90. The highest BCUT2D eigenvalue weighted by molar-refractivity contribution is 6.09. The third-order valence-electron chi connectivity index (χ3n) is 4.94. The number of anilines is 1. The van der Waals surface area contributed by atoms with E-state index < -0.39 is 5.91 Å². The van der Waals surface area contributed by atoms with Crippen LogP contribution in [0.15, 0.2) is 65.2 Å². The van der Waals surface area contributed by atoms with Gasteiger partial charge in [0.15, 0.2) is 28.8 Å². The molecule has 0 unspecified atom stereocenters. The Morgan fingerprint density at radius 1 is 1.06 bits per heavy atom. The van der Waals surface area contributed by atoms with Crippen LogP contribution in [0.4, 0.5) is 5.82 Å². The van der Waals surface area contributed by atoms with Gasteiger partial charge in [-0.15, -0.1) is 6.58 Å². The topological polar surface area (TPSA) is 116 Å². The number of carbonyl (C=O) groups excluding carboxylic acids is 1. The molecule has 0 aliphatic heterocycles. The van der Waals surface area contributed by atoms with Crippen molar-refractivity contribution in [1.82, 2.24) is 5.16 Å². The minimum Gasteiger partial charge on any atom is -0.493 e. The van der Waals surface area contributed by atoms with Crippen LogP contribution in [0.1, 0.15) is 16.9 Å². The highest BCUT2D eigenvalue weighted by atomic mass is 16.5. The predicted molar refractivity (Wildman–Crippen MR) is 134 cm³/mol. The van der Waals surface area contributed by atoms with Gasteiger partial charge in [0.2, 0.25) is 0 Å². The molecule has 0 radical (unpaired) electrons. The maximum Gasteiger partial charge on any atom is 0.267 e. The first-order valence-corrected chi connectivity index (χ1v) is 11.0. The molecule has 0 bridgehead atoms. The van der Waals surface area contributed by atoms with Crippen LogP contribution in [0.2, 0.25) is 0 Å². The summed E-state index contributed by atoms with van der Waals surface area (Å²) in [5.74, 6) is 2.36. The first kappa shape index (κ1) is 25.9. The van der Waals surface area contributed by atoms with Gasteiger partial charge in [-0.3, -0.25) is 4.79 Å². The molecular weight excluding hydrogens is 462 g/mol. The molecule has 0 saturated carbocycles. The van der Waals surface area contributed by atoms with Crippen molar-refractivity contribution < 1.29 is 28.3 Å². The second kappa shape index (κ2) is 12.7. The average molecular weight is 490 g/mol. The smallest absolute Gasteiger partial charge is 0.267 e. The number of nitrogens with zero attached hydrogens (tertiary/aromatic N) is 2. The SMILES string of the molecule is C=CCc1ccc(OCCOc2ccc(C=C(C#N)C(=O)Nc3cc(C)on3)cc2OC)c(OC)c1. The zero-order chi connectivity index (χ0) is 25.9. The summed E-state index contributed by atoms with van der Waals surface area (Å²) >= 11 is 0. The molecule has 9 nitrogen and oxygen atoms in total. The van der Waals surface area contributed by atoms with Crippen LogP contribution in [0.3, 0.4) is 0 Å². The summed E-state index contributed by atoms with van der Waals surface area (Å²) in [4.78, 5) is 12.4.